The molecule has 9 heteroatoms. The largest absolute Gasteiger partial charge is 0.459 e. The fourth-order valence-electron chi connectivity index (χ4n) is 5.12. The fraction of sp³-hybridized carbons (Fsp3) is 0.714. The quantitative estimate of drug-likeness (QED) is 0.697. The summed E-state index contributed by atoms with van der Waals surface area (Å²) in [5.74, 6) is 0.612. The molecule has 30 heavy (non-hydrogen) atoms. The Balaban J connectivity index is 1.36. The minimum atomic E-state index is -3.04. The molecule has 0 aromatic carbocycles. The third-order valence-electron chi connectivity index (χ3n) is 6.75. The van der Waals surface area contributed by atoms with Gasteiger partial charge in [-0.15, -0.1) is 0 Å². The molecule has 0 radical (unpaired) electrons. The smallest absolute Gasteiger partial charge is 0.289 e. The zero-order chi connectivity index (χ0) is 21.1. The van der Waals surface area contributed by atoms with Crippen LogP contribution in [0, 0.1) is 0 Å². The number of nitrogens with one attached hydrogen (secondary N) is 1. The van der Waals surface area contributed by atoms with E-state index in [1.165, 1.54) is 12.7 Å². The normalized spacial score (nSPS) is 25.3. The lowest BCUT2D eigenvalue weighted by Gasteiger charge is -2.39. The Morgan fingerprint density at radius 2 is 1.83 bits per heavy atom. The molecule has 8 nitrogen and oxygen atoms in total. The van der Waals surface area contributed by atoms with Gasteiger partial charge in [-0.25, -0.2) is 8.42 Å². The van der Waals surface area contributed by atoms with Crippen LogP contribution in [0.4, 0.5) is 0 Å². The van der Waals surface area contributed by atoms with E-state index in [-0.39, 0.29) is 35.4 Å². The summed E-state index contributed by atoms with van der Waals surface area (Å²) in [7, 11) is -3.04. The Kier molecular flexibility index (Phi) is 6.48. The van der Waals surface area contributed by atoms with Crippen molar-refractivity contribution >= 4 is 21.7 Å². The van der Waals surface area contributed by atoms with Gasteiger partial charge >= 0.3 is 0 Å². The van der Waals surface area contributed by atoms with Crippen LogP contribution in [0.1, 0.15) is 49.1 Å². The molecule has 2 amide bonds. The topological polar surface area (TPSA) is 92.3 Å². The van der Waals surface area contributed by atoms with Gasteiger partial charge < -0.3 is 19.1 Å². The van der Waals surface area contributed by atoms with Gasteiger partial charge in [0.2, 0.25) is 0 Å². The predicted molar refractivity (Wildman–Crippen MR) is 111 cm³/mol. The standard InChI is InChI=1S/C21H31N3O5S/c25-20(15-22-9-11-23(12-10-22)21(26)19-7-4-13-29-19)24(17-5-2-1-3-6-17)18-8-14-30(27,28)16-18/h4,7,13,17-18H,1-3,5-6,8-12,14-16H2/p+1/t18-/m1/s1. The summed E-state index contributed by atoms with van der Waals surface area (Å²) in [5, 5.41) is 0. The molecule has 1 aliphatic carbocycles. The molecule has 1 N–H and O–H groups in total. The average Bonchev–Trinajstić information content (AvgIpc) is 3.39. The minimum absolute atomic E-state index is 0.0739. The summed E-state index contributed by atoms with van der Waals surface area (Å²) < 4.78 is 29.3. The van der Waals surface area contributed by atoms with Crippen LogP contribution in [-0.2, 0) is 14.6 Å². The van der Waals surface area contributed by atoms with Crippen molar-refractivity contribution in [3.63, 3.8) is 0 Å². The summed E-state index contributed by atoms with van der Waals surface area (Å²) in [5.41, 5.74) is 0. The van der Waals surface area contributed by atoms with Crippen LogP contribution in [-0.4, -0.2) is 86.3 Å². The van der Waals surface area contributed by atoms with Gasteiger partial charge in [-0.2, -0.15) is 0 Å². The number of hydrogen-bond acceptors (Lipinski definition) is 5. The molecule has 4 rings (SSSR count). The van der Waals surface area contributed by atoms with E-state index >= 15 is 0 Å². The van der Waals surface area contributed by atoms with E-state index < -0.39 is 9.84 Å². The summed E-state index contributed by atoms with van der Waals surface area (Å²) >= 11 is 0. The minimum Gasteiger partial charge on any atom is -0.459 e. The monoisotopic (exact) mass is 438 g/mol. The highest BCUT2D eigenvalue weighted by molar-refractivity contribution is 7.91. The highest BCUT2D eigenvalue weighted by atomic mass is 32.2. The Hall–Kier alpha value is -1.87. The van der Waals surface area contributed by atoms with E-state index in [9.17, 15) is 18.0 Å². The van der Waals surface area contributed by atoms with Crippen molar-refractivity contribution in [2.24, 2.45) is 0 Å². The number of rotatable bonds is 5. The first-order chi connectivity index (χ1) is 14.4. The van der Waals surface area contributed by atoms with Gasteiger partial charge in [-0.05, 0) is 31.4 Å². The summed E-state index contributed by atoms with van der Waals surface area (Å²) in [6, 6.07) is 3.37. The van der Waals surface area contributed by atoms with Crippen LogP contribution in [0.25, 0.3) is 0 Å². The van der Waals surface area contributed by atoms with Gasteiger partial charge in [-0.3, -0.25) is 9.59 Å². The molecule has 1 atom stereocenters. The molecule has 0 spiro atoms. The molecule has 0 bridgehead atoms. The van der Waals surface area contributed by atoms with E-state index in [1.807, 2.05) is 4.90 Å². The van der Waals surface area contributed by atoms with Gasteiger partial charge in [0.05, 0.1) is 43.9 Å². The lowest BCUT2D eigenvalue weighted by Crippen LogP contribution is -3.16. The number of piperazine rings is 1. The van der Waals surface area contributed by atoms with Gasteiger partial charge in [0.1, 0.15) is 0 Å². The molecule has 1 aromatic rings. The molecule has 0 unspecified atom stereocenters. The average molecular weight is 439 g/mol. The van der Waals surface area contributed by atoms with E-state index in [0.717, 1.165) is 30.6 Å². The van der Waals surface area contributed by atoms with Gasteiger partial charge in [0.15, 0.2) is 22.1 Å². The van der Waals surface area contributed by atoms with Crippen molar-refractivity contribution in [3.8, 4) is 0 Å². The lowest BCUT2D eigenvalue weighted by atomic mass is 9.92. The number of nitrogens with zero attached hydrogens (tertiary/aromatic N) is 2. The Morgan fingerprint density at radius 1 is 1.10 bits per heavy atom. The highest BCUT2D eigenvalue weighted by Crippen LogP contribution is 2.28. The number of carbonyl (C=O) groups excluding carboxylic acids is 2. The second-order valence-electron chi connectivity index (χ2n) is 8.85. The molecule has 3 fully saturated rings. The zero-order valence-corrected chi connectivity index (χ0v) is 18.2. The summed E-state index contributed by atoms with van der Waals surface area (Å²) in [6.45, 7) is 2.96. The Labute approximate surface area is 178 Å². The van der Waals surface area contributed by atoms with Crippen molar-refractivity contribution in [2.75, 3.05) is 44.2 Å². The van der Waals surface area contributed by atoms with Crippen molar-refractivity contribution in [1.82, 2.24) is 9.80 Å². The number of amides is 2. The van der Waals surface area contributed by atoms with Crippen LogP contribution in [0.3, 0.4) is 0 Å². The van der Waals surface area contributed by atoms with E-state index in [1.54, 1.807) is 17.0 Å². The van der Waals surface area contributed by atoms with Crippen molar-refractivity contribution < 1.29 is 27.3 Å². The highest BCUT2D eigenvalue weighted by Gasteiger charge is 2.40. The molecule has 1 saturated carbocycles. The molecule has 166 valence electrons. The third-order valence-corrected chi connectivity index (χ3v) is 8.50. The molecular formula is C21H32N3O5S+. The van der Waals surface area contributed by atoms with E-state index in [4.69, 9.17) is 4.42 Å². The molecule has 3 heterocycles. The summed E-state index contributed by atoms with van der Waals surface area (Å²) in [4.78, 5) is 30.6. The molecule has 3 aliphatic rings. The predicted octanol–water partition coefficient (Wildman–Crippen LogP) is -0.0313. The Bertz CT molecular complexity index is 840. The lowest BCUT2D eigenvalue weighted by molar-refractivity contribution is -0.896. The van der Waals surface area contributed by atoms with Crippen LogP contribution in [0.2, 0.25) is 0 Å². The van der Waals surface area contributed by atoms with Gasteiger partial charge in [-0.1, -0.05) is 19.3 Å². The molecule has 1 aromatic heterocycles. The van der Waals surface area contributed by atoms with Crippen molar-refractivity contribution in [2.45, 2.75) is 50.6 Å². The fourth-order valence-corrected chi connectivity index (χ4v) is 6.83. The maximum Gasteiger partial charge on any atom is 0.289 e. The van der Waals surface area contributed by atoms with E-state index in [2.05, 4.69) is 0 Å². The first-order valence-corrected chi connectivity index (χ1v) is 12.9. The van der Waals surface area contributed by atoms with Crippen LogP contribution < -0.4 is 4.90 Å². The second kappa shape index (κ2) is 9.09. The first-order valence-electron chi connectivity index (χ1n) is 11.1. The first kappa shape index (κ1) is 21.4. The Morgan fingerprint density at radius 3 is 2.43 bits per heavy atom. The maximum absolute atomic E-state index is 13.3. The van der Waals surface area contributed by atoms with Crippen LogP contribution >= 0.6 is 0 Å². The van der Waals surface area contributed by atoms with Crippen LogP contribution in [0.5, 0.6) is 0 Å². The third kappa shape index (κ3) is 4.88. The number of carbonyl (C=O) groups is 2. The number of hydrogen-bond donors (Lipinski definition) is 1. The van der Waals surface area contributed by atoms with E-state index in [0.29, 0.717) is 44.9 Å². The maximum atomic E-state index is 13.3. The van der Waals surface area contributed by atoms with Crippen molar-refractivity contribution in [1.29, 1.82) is 0 Å². The molecule has 2 aliphatic heterocycles. The number of sulfone groups is 1. The summed E-state index contributed by atoms with van der Waals surface area (Å²) in [6.07, 6.45) is 7.41. The van der Waals surface area contributed by atoms with Gasteiger partial charge in [0, 0.05) is 12.1 Å². The molecular weight excluding hydrogens is 406 g/mol. The molecule has 2 saturated heterocycles. The van der Waals surface area contributed by atoms with Gasteiger partial charge in [0.25, 0.3) is 11.8 Å². The SMILES string of the molecule is O=C(c1ccco1)N1CC[NH+](CC(=O)N(C2CCCCC2)[C@@H]2CCS(=O)(=O)C2)CC1. The number of furan rings is 1. The number of quaternary nitrogens is 1. The second-order valence-corrected chi connectivity index (χ2v) is 11.1. The van der Waals surface area contributed by atoms with Crippen LogP contribution in [0.15, 0.2) is 22.8 Å². The zero-order valence-electron chi connectivity index (χ0n) is 17.4. The van der Waals surface area contributed by atoms with Crippen molar-refractivity contribution in [3.05, 3.63) is 24.2 Å².